The molecular weight excluding hydrogens is 341 g/mol. The van der Waals surface area contributed by atoms with E-state index >= 15 is 0 Å². The van der Waals surface area contributed by atoms with Crippen LogP contribution in [0.2, 0.25) is 10.0 Å². The van der Waals surface area contributed by atoms with Crippen molar-refractivity contribution in [1.29, 1.82) is 0 Å². The topological polar surface area (TPSA) is 38.3 Å². The number of carbonyl (C=O) groups is 1. The van der Waals surface area contributed by atoms with Gasteiger partial charge in [0.05, 0.1) is 28.3 Å². The Kier molecular flexibility index (Phi) is 6.26. The van der Waals surface area contributed by atoms with Crippen LogP contribution in [0.5, 0.6) is 0 Å². The van der Waals surface area contributed by atoms with Gasteiger partial charge in [-0.05, 0) is 35.0 Å². The van der Waals surface area contributed by atoms with E-state index in [1.807, 2.05) is 0 Å². The Morgan fingerprint density at radius 1 is 1.44 bits per heavy atom. The number of benzene rings is 1. The Bertz CT molecular complexity index is 440. The second-order valence-corrected chi connectivity index (χ2v) is 5.37. The molecule has 100 valence electrons. The summed E-state index contributed by atoms with van der Waals surface area (Å²) < 4.78 is 5.65. The molecule has 0 aliphatic heterocycles. The van der Waals surface area contributed by atoms with Gasteiger partial charge in [0.25, 0.3) is 0 Å². The van der Waals surface area contributed by atoms with E-state index in [-0.39, 0.29) is 11.9 Å². The molecule has 0 radical (unpaired) electrons. The van der Waals surface area contributed by atoms with E-state index < -0.39 is 0 Å². The van der Waals surface area contributed by atoms with Crippen molar-refractivity contribution >= 4 is 50.8 Å². The Balaban J connectivity index is 2.64. The average Bonchev–Trinajstić information content (AvgIpc) is 2.35. The lowest BCUT2D eigenvalue weighted by Crippen LogP contribution is -2.22. The van der Waals surface area contributed by atoms with E-state index in [4.69, 9.17) is 27.9 Å². The summed E-state index contributed by atoms with van der Waals surface area (Å²) in [4.78, 5) is 11.4. The van der Waals surface area contributed by atoms with Crippen molar-refractivity contribution in [2.45, 2.75) is 13.8 Å². The number of hydrogen-bond donors (Lipinski definition) is 1. The van der Waals surface area contributed by atoms with Crippen molar-refractivity contribution < 1.29 is 9.53 Å². The molecule has 6 heteroatoms. The van der Waals surface area contributed by atoms with Crippen molar-refractivity contribution in [3.63, 3.8) is 0 Å². The van der Waals surface area contributed by atoms with Crippen molar-refractivity contribution in [3.8, 4) is 0 Å². The predicted molar refractivity (Wildman–Crippen MR) is 78.4 cm³/mol. The molecule has 1 rings (SSSR count). The standard InChI is InChI=1S/C12H14BrCl2NO2/c1-3-18-12(17)7(2)6-16-9-5-4-8(13)10(14)11(9)15/h4-5,7,16H,3,6H2,1-2H3. The molecule has 3 nitrogen and oxygen atoms in total. The van der Waals surface area contributed by atoms with E-state index in [2.05, 4.69) is 21.2 Å². The molecule has 0 heterocycles. The highest BCUT2D eigenvalue weighted by Crippen LogP contribution is 2.35. The van der Waals surface area contributed by atoms with E-state index in [9.17, 15) is 4.79 Å². The van der Waals surface area contributed by atoms with E-state index in [0.29, 0.717) is 28.9 Å². The number of nitrogens with one attached hydrogen (secondary N) is 1. The van der Waals surface area contributed by atoms with Gasteiger partial charge in [-0.3, -0.25) is 4.79 Å². The molecular formula is C12H14BrCl2NO2. The summed E-state index contributed by atoms with van der Waals surface area (Å²) in [5.74, 6) is -0.479. The Labute approximate surface area is 125 Å². The SMILES string of the molecule is CCOC(=O)C(C)CNc1ccc(Br)c(Cl)c1Cl. The number of ether oxygens (including phenoxy) is 1. The molecule has 0 bridgehead atoms. The maximum absolute atomic E-state index is 11.4. The van der Waals surface area contributed by atoms with Crippen LogP contribution < -0.4 is 5.32 Å². The first-order valence-corrected chi connectivity index (χ1v) is 7.06. The molecule has 1 aromatic carbocycles. The number of halogens is 3. The summed E-state index contributed by atoms with van der Waals surface area (Å²) in [7, 11) is 0. The quantitative estimate of drug-likeness (QED) is 0.630. The van der Waals surface area contributed by atoms with Crippen LogP contribution in [0.15, 0.2) is 16.6 Å². The molecule has 1 unspecified atom stereocenters. The zero-order chi connectivity index (χ0) is 13.7. The molecule has 0 saturated heterocycles. The van der Waals surface area contributed by atoms with Crippen LogP contribution in [-0.4, -0.2) is 19.1 Å². The van der Waals surface area contributed by atoms with E-state index in [0.717, 1.165) is 4.47 Å². The van der Waals surface area contributed by atoms with Gasteiger partial charge in [0.15, 0.2) is 0 Å². The van der Waals surface area contributed by atoms with Crippen LogP contribution in [0.1, 0.15) is 13.8 Å². The zero-order valence-corrected chi connectivity index (χ0v) is 13.2. The first kappa shape index (κ1) is 15.6. The van der Waals surface area contributed by atoms with Crippen LogP contribution in [0, 0.1) is 5.92 Å². The van der Waals surface area contributed by atoms with Crippen molar-refractivity contribution in [3.05, 3.63) is 26.7 Å². The molecule has 0 fully saturated rings. The molecule has 1 aromatic rings. The van der Waals surface area contributed by atoms with E-state index in [1.54, 1.807) is 26.0 Å². The fourth-order valence-electron chi connectivity index (χ4n) is 1.29. The summed E-state index contributed by atoms with van der Waals surface area (Å²) in [6.45, 7) is 4.40. The number of hydrogen-bond acceptors (Lipinski definition) is 3. The lowest BCUT2D eigenvalue weighted by atomic mass is 10.2. The summed E-state index contributed by atoms with van der Waals surface area (Å²) in [5, 5.41) is 3.96. The normalized spacial score (nSPS) is 12.1. The molecule has 0 saturated carbocycles. The van der Waals surface area contributed by atoms with Gasteiger partial charge in [-0.1, -0.05) is 30.1 Å². The van der Waals surface area contributed by atoms with Gasteiger partial charge in [0.1, 0.15) is 0 Å². The first-order valence-electron chi connectivity index (χ1n) is 5.51. The van der Waals surface area contributed by atoms with Crippen LogP contribution in [0.4, 0.5) is 5.69 Å². The predicted octanol–water partition coefficient (Wildman–Crippen LogP) is 4.37. The molecule has 1 N–H and O–H groups in total. The van der Waals surface area contributed by atoms with Gasteiger partial charge in [-0.2, -0.15) is 0 Å². The third-order valence-corrected chi connectivity index (χ3v) is 4.09. The zero-order valence-electron chi connectivity index (χ0n) is 10.1. The molecule has 0 spiro atoms. The van der Waals surface area contributed by atoms with Crippen LogP contribution in [0.3, 0.4) is 0 Å². The minimum atomic E-state index is -0.247. The van der Waals surface area contributed by atoms with Gasteiger partial charge in [0.2, 0.25) is 0 Å². The Morgan fingerprint density at radius 3 is 2.72 bits per heavy atom. The molecule has 18 heavy (non-hydrogen) atoms. The molecule has 0 aliphatic rings. The highest BCUT2D eigenvalue weighted by Gasteiger charge is 2.15. The molecule has 0 aliphatic carbocycles. The number of carbonyl (C=O) groups excluding carboxylic acids is 1. The maximum atomic E-state index is 11.4. The fourth-order valence-corrected chi connectivity index (χ4v) is 2.13. The third-order valence-electron chi connectivity index (χ3n) is 2.32. The second-order valence-electron chi connectivity index (χ2n) is 3.76. The van der Waals surface area contributed by atoms with Gasteiger partial charge in [-0.15, -0.1) is 0 Å². The summed E-state index contributed by atoms with van der Waals surface area (Å²) in [6, 6.07) is 3.60. The van der Waals surface area contributed by atoms with Gasteiger partial charge >= 0.3 is 5.97 Å². The van der Waals surface area contributed by atoms with E-state index in [1.165, 1.54) is 0 Å². The lowest BCUT2D eigenvalue weighted by molar-refractivity contribution is -0.146. The van der Waals surface area contributed by atoms with Gasteiger partial charge in [-0.25, -0.2) is 0 Å². The first-order chi connectivity index (χ1) is 8.47. The minimum Gasteiger partial charge on any atom is -0.466 e. The summed E-state index contributed by atoms with van der Waals surface area (Å²) in [6.07, 6.45) is 0. The smallest absolute Gasteiger partial charge is 0.310 e. The Morgan fingerprint density at radius 2 is 2.11 bits per heavy atom. The van der Waals surface area contributed by atoms with Crippen molar-refractivity contribution in [2.24, 2.45) is 5.92 Å². The number of rotatable bonds is 5. The Hall–Kier alpha value is -0.450. The van der Waals surface area contributed by atoms with Crippen molar-refractivity contribution in [1.82, 2.24) is 0 Å². The molecule has 0 amide bonds. The highest BCUT2D eigenvalue weighted by atomic mass is 79.9. The summed E-state index contributed by atoms with van der Waals surface area (Å²) >= 11 is 15.4. The average molecular weight is 355 g/mol. The van der Waals surface area contributed by atoms with Crippen LogP contribution in [0.25, 0.3) is 0 Å². The lowest BCUT2D eigenvalue weighted by Gasteiger charge is -2.14. The maximum Gasteiger partial charge on any atom is 0.310 e. The third kappa shape index (κ3) is 4.04. The van der Waals surface area contributed by atoms with Crippen LogP contribution in [-0.2, 0) is 9.53 Å². The second kappa shape index (κ2) is 7.22. The minimum absolute atomic E-state index is 0.232. The van der Waals surface area contributed by atoms with Gasteiger partial charge < -0.3 is 10.1 Å². The highest BCUT2D eigenvalue weighted by molar-refractivity contribution is 9.10. The van der Waals surface area contributed by atoms with Crippen LogP contribution >= 0.6 is 39.1 Å². The largest absolute Gasteiger partial charge is 0.466 e. The molecule has 1 atom stereocenters. The number of esters is 1. The monoisotopic (exact) mass is 353 g/mol. The van der Waals surface area contributed by atoms with Gasteiger partial charge in [0, 0.05) is 11.0 Å². The number of anilines is 1. The van der Waals surface area contributed by atoms with Crippen molar-refractivity contribution in [2.75, 3.05) is 18.5 Å². The molecule has 0 aromatic heterocycles. The fraction of sp³-hybridized carbons (Fsp3) is 0.417. The summed E-state index contributed by atoms with van der Waals surface area (Å²) in [5.41, 5.74) is 0.695.